The molecule has 0 saturated heterocycles. The number of ether oxygens (including phenoxy) is 1. The number of hydrogen-bond acceptors (Lipinski definition) is 3. The molecule has 1 fully saturated rings. The van der Waals surface area contributed by atoms with E-state index in [0.29, 0.717) is 5.92 Å². The Morgan fingerprint density at radius 1 is 1.42 bits per heavy atom. The molecule has 1 aliphatic rings. The Kier molecular flexibility index (Phi) is 6.11. The van der Waals surface area contributed by atoms with Crippen LogP contribution in [0.5, 0.6) is 0 Å². The van der Waals surface area contributed by atoms with Gasteiger partial charge in [-0.25, -0.2) is 4.79 Å². The maximum atomic E-state index is 11.8. The van der Waals surface area contributed by atoms with Crippen molar-refractivity contribution in [2.24, 2.45) is 11.8 Å². The lowest BCUT2D eigenvalue weighted by Gasteiger charge is -2.28. The van der Waals surface area contributed by atoms with Crippen LogP contribution >= 0.6 is 0 Å². The molecule has 1 atom stereocenters. The van der Waals surface area contributed by atoms with E-state index in [-0.39, 0.29) is 6.09 Å². The zero-order chi connectivity index (χ0) is 14.5. The van der Waals surface area contributed by atoms with E-state index in [1.54, 1.807) is 11.9 Å². The summed E-state index contributed by atoms with van der Waals surface area (Å²) in [5.74, 6) is 1.33. The molecule has 1 unspecified atom stereocenters. The first-order valence-corrected chi connectivity index (χ1v) is 7.43. The molecule has 0 bridgehead atoms. The predicted octanol–water partition coefficient (Wildman–Crippen LogP) is 2.88. The number of nitrogens with zero attached hydrogens (tertiary/aromatic N) is 1. The molecule has 0 heterocycles. The number of hydrogen-bond donors (Lipinski definition) is 1. The molecule has 0 aromatic carbocycles. The highest BCUT2D eigenvalue weighted by Gasteiger charge is 2.21. The molecule has 1 aliphatic carbocycles. The highest BCUT2D eigenvalue weighted by Crippen LogP contribution is 2.25. The van der Waals surface area contributed by atoms with Gasteiger partial charge in [-0.1, -0.05) is 13.3 Å². The van der Waals surface area contributed by atoms with Crippen molar-refractivity contribution in [3.63, 3.8) is 0 Å². The van der Waals surface area contributed by atoms with Gasteiger partial charge in [-0.3, -0.25) is 0 Å². The second kappa shape index (κ2) is 7.13. The van der Waals surface area contributed by atoms with Crippen molar-refractivity contribution in [1.82, 2.24) is 10.2 Å². The van der Waals surface area contributed by atoms with Crippen molar-refractivity contribution >= 4 is 6.09 Å². The Morgan fingerprint density at radius 3 is 2.53 bits per heavy atom. The van der Waals surface area contributed by atoms with Gasteiger partial charge in [0.15, 0.2) is 0 Å². The minimum absolute atomic E-state index is 0.238. The molecule has 4 nitrogen and oxygen atoms in total. The third-order valence-corrected chi connectivity index (χ3v) is 3.44. The lowest BCUT2D eigenvalue weighted by molar-refractivity contribution is 0.0276. The fraction of sp³-hybridized carbons (Fsp3) is 0.933. The quantitative estimate of drug-likeness (QED) is 0.807. The first-order valence-electron chi connectivity index (χ1n) is 7.43. The van der Waals surface area contributed by atoms with Gasteiger partial charge in [0.1, 0.15) is 5.60 Å². The molecule has 4 heteroatoms. The van der Waals surface area contributed by atoms with Gasteiger partial charge >= 0.3 is 6.09 Å². The van der Waals surface area contributed by atoms with Crippen LogP contribution in [0.25, 0.3) is 0 Å². The van der Waals surface area contributed by atoms with Gasteiger partial charge in [0.25, 0.3) is 0 Å². The molecular formula is C15H30N2O2. The molecule has 0 aromatic rings. The van der Waals surface area contributed by atoms with Gasteiger partial charge in [-0.15, -0.1) is 0 Å². The minimum atomic E-state index is -0.420. The highest BCUT2D eigenvalue weighted by molar-refractivity contribution is 5.67. The molecule has 1 rings (SSSR count). The van der Waals surface area contributed by atoms with E-state index >= 15 is 0 Å². The summed E-state index contributed by atoms with van der Waals surface area (Å²) in [6.07, 6.45) is 3.90. The van der Waals surface area contributed by atoms with Crippen LogP contribution in [0.1, 0.15) is 47.0 Å². The Morgan fingerprint density at radius 2 is 2.05 bits per heavy atom. The Bertz CT molecular complexity index is 282. The summed E-state index contributed by atoms with van der Waals surface area (Å²) in [5.41, 5.74) is -0.420. The fourth-order valence-electron chi connectivity index (χ4n) is 2.18. The monoisotopic (exact) mass is 270 g/mol. The van der Waals surface area contributed by atoms with E-state index in [1.165, 1.54) is 19.3 Å². The summed E-state index contributed by atoms with van der Waals surface area (Å²) in [6.45, 7) is 10.7. The minimum Gasteiger partial charge on any atom is -0.444 e. The van der Waals surface area contributed by atoms with Crippen LogP contribution in [-0.2, 0) is 4.74 Å². The third-order valence-electron chi connectivity index (χ3n) is 3.44. The average Bonchev–Trinajstić information content (AvgIpc) is 2.19. The van der Waals surface area contributed by atoms with Crippen molar-refractivity contribution in [1.29, 1.82) is 0 Å². The molecule has 112 valence electrons. The number of carbonyl (C=O) groups excluding carboxylic acids is 1. The molecule has 0 aliphatic heterocycles. The molecule has 1 amide bonds. The topological polar surface area (TPSA) is 41.6 Å². The van der Waals surface area contributed by atoms with Gasteiger partial charge in [-0.2, -0.15) is 0 Å². The van der Waals surface area contributed by atoms with Gasteiger partial charge < -0.3 is 15.0 Å². The van der Waals surface area contributed by atoms with Gasteiger partial charge in [0, 0.05) is 13.6 Å². The van der Waals surface area contributed by atoms with Crippen molar-refractivity contribution in [3.05, 3.63) is 0 Å². The average molecular weight is 270 g/mol. The van der Waals surface area contributed by atoms with Crippen LogP contribution in [0.4, 0.5) is 4.79 Å². The normalized spacial score (nSPS) is 17.7. The summed E-state index contributed by atoms with van der Waals surface area (Å²) in [5, 5.41) is 3.50. The maximum absolute atomic E-state index is 11.8. The second-order valence-corrected chi connectivity index (χ2v) is 6.92. The van der Waals surface area contributed by atoms with Crippen LogP contribution in [0.2, 0.25) is 0 Å². The molecule has 0 spiro atoms. The summed E-state index contributed by atoms with van der Waals surface area (Å²) < 4.78 is 5.34. The first kappa shape index (κ1) is 16.3. The Hall–Kier alpha value is -0.770. The van der Waals surface area contributed by atoms with Crippen LogP contribution in [-0.4, -0.2) is 43.3 Å². The van der Waals surface area contributed by atoms with E-state index in [0.717, 1.165) is 25.6 Å². The zero-order valence-electron chi connectivity index (χ0n) is 13.2. The summed E-state index contributed by atoms with van der Waals surface area (Å²) in [7, 11) is 1.80. The Labute approximate surface area is 117 Å². The molecule has 19 heavy (non-hydrogen) atoms. The summed E-state index contributed by atoms with van der Waals surface area (Å²) in [4.78, 5) is 13.5. The van der Waals surface area contributed by atoms with Crippen molar-refractivity contribution < 1.29 is 9.53 Å². The van der Waals surface area contributed by atoms with Crippen LogP contribution in [0.3, 0.4) is 0 Å². The first-order chi connectivity index (χ1) is 8.78. The van der Waals surface area contributed by atoms with Crippen molar-refractivity contribution in [3.8, 4) is 0 Å². The van der Waals surface area contributed by atoms with Crippen LogP contribution < -0.4 is 5.32 Å². The number of carbonyl (C=O) groups is 1. The lowest BCUT2D eigenvalue weighted by Crippen LogP contribution is -2.39. The summed E-state index contributed by atoms with van der Waals surface area (Å²) >= 11 is 0. The van der Waals surface area contributed by atoms with Gasteiger partial charge in [-0.05, 0) is 58.5 Å². The van der Waals surface area contributed by atoms with E-state index < -0.39 is 5.60 Å². The zero-order valence-corrected chi connectivity index (χ0v) is 13.2. The fourth-order valence-corrected chi connectivity index (χ4v) is 2.18. The standard InChI is InChI=1S/C15H30N2O2/c1-12(9-16-10-13-7-6-8-13)11-17(5)14(18)19-15(2,3)4/h12-13,16H,6-11H2,1-5H3. The van der Waals surface area contributed by atoms with Gasteiger partial charge in [0.2, 0.25) is 0 Å². The highest BCUT2D eigenvalue weighted by atomic mass is 16.6. The molecule has 1 N–H and O–H groups in total. The molecule has 0 aromatic heterocycles. The van der Waals surface area contributed by atoms with Crippen molar-refractivity contribution in [2.75, 3.05) is 26.7 Å². The van der Waals surface area contributed by atoms with Crippen molar-refractivity contribution in [2.45, 2.75) is 52.6 Å². The largest absolute Gasteiger partial charge is 0.444 e. The maximum Gasteiger partial charge on any atom is 0.410 e. The van der Waals surface area contributed by atoms with E-state index in [2.05, 4.69) is 12.2 Å². The smallest absolute Gasteiger partial charge is 0.410 e. The molecule has 0 radical (unpaired) electrons. The van der Waals surface area contributed by atoms with E-state index in [1.807, 2.05) is 20.8 Å². The van der Waals surface area contributed by atoms with E-state index in [9.17, 15) is 4.79 Å². The van der Waals surface area contributed by atoms with Gasteiger partial charge in [0.05, 0.1) is 0 Å². The second-order valence-electron chi connectivity index (χ2n) is 6.92. The predicted molar refractivity (Wildman–Crippen MR) is 78.2 cm³/mol. The number of rotatable bonds is 6. The lowest BCUT2D eigenvalue weighted by atomic mass is 9.85. The molecular weight excluding hydrogens is 240 g/mol. The Balaban J connectivity index is 2.15. The third kappa shape index (κ3) is 6.81. The molecule has 1 saturated carbocycles. The van der Waals surface area contributed by atoms with E-state index in [4.69, 9.17) is 4.74 Å². The number of amides is 1. The van der Waals surface area contributed by atoms with Crippen LogP contribution in [0, 0.1) is 11.8 Å². The number of nitrogens with one attached hydrogen (secondary N) is 1. The van der Waals surface area contributed by atoms with Crippen LogP contribution in [0.15, 0.2) is 0 Å². The SMILES string of the molecule is CC(CNCC1CCC1)CN(C)C(=O)OC(C)(C)C. The summed E-state index contributed by atoms with van der Waals surface area (Å²) in [6, 6.07) is 0.